The summed E-state index contributed by atoms with van der Waals surface area (Å²) in [6, 6.07) is 13.4. The third-order valence-corrected chi connectivity index (χ3v) is 4.55. The van der Waals surface area contributed by atoms with Crippen LogP contribution >= 0.6 is 0 Å². The first-order chi connectivity index (χ1) is 12.5. The van der Waals surface area contributed by atoms with Gasteiger partial charge in [0.2, 0.25) is 5.88 Å². The van der Waals surface area contributed by atoms with Crippen molar-refractivity contribution in [3.8, 4) is 11.6 Å². The average molecular weight is 352 g/mol. The minimum Gasteiger partial charge on any atom is -0.494 e. The van der Waals surface area contributed by atoms with E-state index in [9.17, 15) is 10.0 Å². The van der Waals surface area contributed by atoms with Crippen molar-refractivity contribution < 1.29 is 9.84 Å². The van der Waals surface area contributed by atoms with Crippen LogP contribution in [0, 0.1) is 17.7 Å². The zero-order chi connectivity index (χ0) is 18.7. The van der Waals surface area contributed by atoms with Gasteiger partial charge in [-0.25, -0.2) is 0 Å². The Balaban J connectivity index is 1.85. The smallest absolute Gasteiger partial charge is 0.222 e. The number of hydrogen-bond acceptors (Lipinski definition) is 4. The van der Waals surface area contributed by atoms with Crippen LogP contribution in [0.2, 0.25) is 0 Å². The molecule has 0 saturated heterocycles. The molecule has 0 fully saturated rings. The first kappa shape index (κ1) is 18.0. The molecule has 0 atom stereocenters. The molecule has 136 valence electrons. The number of fused-ring (bicyclic) bond motifs is 1. The van der Waals surface area contributed by atoms with Crippen molar-refractivity contribution in [3.63, 3.8) is 0 Å². The van der Waals surface area contributed by atoms with Crippen LogP contribution in [0.5, 0.6) is 11.6 Å². The molecule has 0 aliphatic rings. The number of nitrogens with zero attached hydrogens (tertiary/aromatic N) is 2. The Hall–Kier alpha value is -2.82. The van der Waals surface area contributed by atoms with Crippen LogP contribution in [0.1, 0.15) is 31.4 Å². The fourth-order valence-corrected chi connectivity index (χ4v) is 3.09. The van der Waals surface area contributed by atoms with E-state index in [0.29, 0.717) is 24.5 Å². The summed E-state index contributed by atoms with van der Waals surface area (Å²) in [7, 11) is 0. The number of rotatable bonds is 7. The zero-order valence-corrected chi connectivity index (χ0v) is 15.4. The molecule has 26 heavy (non-hydrogen) atoms. The van der Waals surface area contributed by atoms with E-state index in [1.807, 2.05) is 43.3 Å². The van der Waals surface area contributed by atoms with Crippen molar-refractivity contribution in [1.29, 1.82) is 0 Å². The number of ether oxygens (including phenoxy) is 1. The van der Waals surface area contributed by atoms with Crippen LogP contribution in [0.3, 0.4) is 0 Å². The molecule has 5 nitrogen and oxygen atoms in total. The standard InChI is InChI=1S/C21H24N2O3/c1-14(2)11-12-26-17-9-7-16(8-10-17)13-23-20-15(3)5-4-6-18(20)19(22-25)21(23)24/h4-10,14,24H,11-13H2,1-3H3. The Bertz CT molecular complexity index is 911. The highest BCUT2D eigenvalue weighted by Gasteiger charge is 2.18. The average Bonchev–Trinajstić information content (AvgIpc) is 2.88. The van der Waals surface area contributed by atoms with Crippen molar-refractivity contribution in [2.24, 2.45) is 11.1 Å². The van der Waals surface area contributed by atoms with Crippen LogP contribution in [0.4, 0.5) is 5.69 Å². The molecule has 1 aromatic heterocycles. The first-order valence-electron chi connectivity index (χ1n) is 8.87. The van der Waals surface area contributed by atoms with Gasteiger partial charge in [-0.2, -0.15) is 0 Å². The van der Waals surface area contributed by atoms with E-state index in [1.54, 1.807) is 10.6 Å². The molecule has 3 aromatic rings. The number of hydrogen-bond donors (Lipinski definition) is 1. The predicted molar refractivity (Wildman–Crippen MR) is 104 cm³/mol. The number of aromatic nitrogens is 1. The molecule has 0 bridgehead atoms. The summed E-state index contributed by atoms with van der Waals surface area (Å²) in [6.07, 6.45) is 1.02. The van der Waals surface area contributed by atoms with Gasteiger partial charge >= 0.3 is 0 Å². The maximum Gasteiger partial charge on any atom is 0.222 e. The second kappa shape index (κ2) is 7.60. The second-order valence-corrected chi connectivity index (χ2v) is 7.00. The largest absolute Gasteiger partial charge is 0.494 e. The van der Waals surface area contributed by atoms with Gasteiger partial charge in [0.1, 0.15) is 5.75 Å². The number of benzene rings is 2. The van der Waals surface area contributed by atoms with E-state index >= 15 is 0 Å². The van der Waals surface area contributed by atoms with Gasteiger partial charge in [0, 0.05) is 5.39 Å². The lowest BCUT2D eigenvalue weighted by Crippen LogP contribution is -2.02. The van der Waals surface area contributed by atoms with E-state index in [0.717, 1.165) is 28.8 Å². The van der Waals surface area contributed by atoms with E-state index < -0.39 is 0 Å². The Morgan fingerprint density at radius 1 is 1.15 bits per heavy atom. The summed E-state index contributed by atoms with van der Waals surface area (Å²) < 4.78 is 7.48. The van der Waals surface area contributed by atoms with Gasteiger partial charge in [-0.05, 0) is 47.7 Å². The fourth-order valence-electron chi connectivity index (χ4n) is 3.09. The van der Waals surface area contributed by atoms with Crippen molar-refractivity contribution in [1.82, 2.24) is 4.57 Å². The van der Waals surface area contributed by atoms with Gasteiger partial charge in [-0.3, -0.25) is 0 Å². The SMILES string of the molecule is Cc1cccc2c(N=O)c(O)n(Cc3ccc(OCCC(C)C)cc3)c12. The number of aromatic hydroxyl groups is 1. The molecule has 0 amide bonds. The molecule has 1 heterocycles. The quantitative estimate of drug-likeness (QED) is 0.569. The third kappa shape index (κ3) is 3.57. The Morgan fingerprint density at radius 2 is 1.88 bits per heavy atom. The molecule has 0 radical (unpaired) electrons. The number of nitroso groups, excluding NO2 is 1. The van der Waals surface area contributed by atoms with Gasteiger partial charge in [0.15, 0.2) is 5.69 Å². The molecular weight excluding hydrogens is 328 g/mol. The molecule has 0 saturated carbocycles. The fraction of sp³-hybridized carbons (Fsp3) is 0.333. The van der Waals surface area contributed by atoms with Gasteiger partial charge in [0.05, 0.1) is 18.7 Å². The predicted octanol–water partition coefficient (Wildman–Crippen LogP) is 5.53. The van der Waals surface area contributed by atoms with E-state index in [-0.39, 0.29) is 11.6 Å². The summed E-state index contributed by atoms with van der Waals surface area (Å²) in [5.74, 6) is 1.35. The topological polar surface area (TPSA) is 63.8 Å². The highest BCUT2D eigenvalue weighted by atomic mass is 16.5. The third-order valence-electron chi connectivity index (χ3n) is 4.55. The molecule has 0 aliphatic carbocycles. The van der Waals surface area contributed by atoms with E-state index in [2.05, 4.69) is 19.0 Å². The van der Waals surface area contributed by atoms with Crippen molar-refractivity contribution in [2.45, 2.75) is 33.7 Å². The molecule has 0 spiro atoms. The molecule has 3 rings (SSSR count). The lowest BCUT2D eigenvalue weighted by molar-refractivity contribution is 0.289. The van der Waals surface area contributed by atoms with Gasteiger partial charge in [0.25, 0.3) is 0 Å². The minimum absolute atomic E-state index is 0.0948. The van der Waals surface area contributed by atoms with E-state index in [4.69, 9.17) is 4.74 Å². The maximum absolute atomic E-state index is 11.2. The monoisotopic (exact) mass is 352 g/mol. The number of para-hydroxylation sites is 1. The molecule has 5 heteroatoms. The summed E-state index contributed by atoms with van der Waals surface area (Å²) in [6.45, 7) is 7.46. The molecular formula is C21H24N2O3. The van der Waals surface area contributed by atoms with Gasteiger partial charge < -0.3 is 14.4 Å². The highest BCUT2D eigenvalue weighted by molar-refractivity contribution is 5.96. The summed E-state index contributed by atoms with van der Waals surface area (Å²) in [5.41, 5.74) is 2.92. The van der Waals surface area contributed by atoms with Crippen molar-refractivity contribution in [2.75, 3.05) is 6.61 Å². The van der Waals surface area contributed by atoms with E-state index in [1.165, 1.54) is 0 Å². The molecule has 0 unspecified atom stereocenters. The first-order valence-corrected chi connectivity index (χ1v) is 8.87. The van der Waals surface area contributed by atoms with Crippen LogP contribution in [-0.2, 0) is 6.54 Å². The lowest BCUT2D eigenvalue weighted by Gasteiger charge is -2.11. The Kier molecular flexibility index (Phi) is 5.26. The summed E-state index contributed by atoms with van der Waals surface area (Å²) >= 11 is 0. The van der Waals surface area contributed by atoms with Crippen molar-refractivity contribution >= 4 is 16.6 Å². The molecule has 2 aromatic carbocycles. The molecule has 0 aliphatic heterocycles. The van der Waals surface area contributed by atoms with Crippen LogP contribution < -0.4 is 4.74 Å². The van der Waals surface area contributed by atoms with Crippen LogP contribution in [0.25, 0.3) is 10.9 Å². The second-order valence-electron chi connectivity index (χ2n) is 7.00. The summed E-state index contributed by atoms with van der Waals surface area (Å²) in [5, 5.41) is 14.2. The maximum atomic E-state index is 11.2. The van der Waals surface area contributed by atoms with Crippen molar-refractivity contribution in [3.05, 3.63) is 58.5 Å². The van der Waals surface area contributed by atoms with Gasteiger partial charge in [-0.15, -0.1) is 4.91 Å². The minimum atomic E-state index is -0.0958. The lowest BCUT2D eigenvalue weighted by atomic mass is 10.1. The summed E-state index contributed by atoms with van der Waals surface area (Å²) in [4.78, 5) is 11.2. The van der Waals surface area contributed by atoms with Crippen LogP contribution in [-0.4, -0.2) is 16.3 Å². The zero-order valence-electron chi connectivity index (χ0n) is 15.4. The van der Waals surface area contributed by atoms with Crippen LogP contribution in [0.15, 0.2) is 47.6 Å². The Labute approximate surface area is 153 Å². The normalized spacial score (nSPS) is 11.2. The van der Waals surface area contributed by atoms with Gasteiger partial charge in [-0.1, -0.05) is 44.2 Å². The number of aryl methyl sites for hydroxylation is 1. The molecule has 1 N–H and O–H groups in total. The Morgan fingerprint density at radius 3 is 2.54 bits per heavy atom. The highest BCUT2D eigenvalue weighted by Crippen LogP contribution is 2.40.